The van der Waals surface area contributed by atoms with Gasteiger partial charge < -0.3 is 0 Å². The summed E-state index contributed by atoms with van der Waals surface area (Å²) >= 11 is 1.82. The van der Waals surface area contributed by atoms with Gasteiger partial charge in [0.1, 0.15) is 0 Å². The molecule has 0 unspecified atom stereocenters. The first-order chi connectivity index (χ1) is 3.41. The van der Waals surface area contributed by atoms with Crippen molar-refractivity contribution in [2.24, 2.45) is 0 Å². The Balaban J connectivity index is 0. The van der Waals surface area contributed by atoms with E-state index in [-0.39, 0.29) is 23.9 Å². The molecule has 0 fully saturated rings. The molecule has 2 heteroatoms. The molecule has 0 rings (SSSR count). The summed E-state index contributed by atoms with van der Waals surface area (Å²) < 4.78 is 0. The molecule has 0 heterocycles. The van der Waals surface area contributed by atoms with Gasteiger partial charge in [0.05, 0.1) is 0 Å². The Kier molecular flexibility index (Phi) is 15.1. The van der Waals surface area contributed by atoms with Crippen LogP contribution in [0.5, 0.6) is 0 Å². The van der Waals surface area contributed by atoms with Gasteiger partial charge in [-0.25, -0.2) is 0 Å². The van der Waals surface area contributed by atoms with Crippen molar-refractivity contribution in [2.75, 3.05) is 11.5 Å². The maximum atomic E-state index is 3.58. The quantitative estimate of drug-likeness (QED) is 0.400. The van der Waals surface area contributed by atoms with E-state index in [1.807, 2.05) is 23.9 Å². The zero-order valence-corrected chi connectivity index (χ0v) is 9.95. The van der Waals surface area contributed by atoms with Crippen molar-refractivity contribution < 1.29 is 0 Å². The topological polar surface area (TPSA) is 0 Å². The van der Waals surface area contributed by atoms with Crippen molar-refractivity contribution in [2.45, 2.75) is 0 Å². The second-order valence-corrected chi connectivity index (χ2v) is 2.19. The van der Waals surface area contributed by atoms with E-state index in [1.165, 1.54) is 0 Å². The second-order valence-electron chi connectivity index (χ2n) is 1.11. The van der Waals surface area contributed by atoms with Crippen LogP contribution in [0.3, 0.4) is 0 Å². The van der Waals surface area contributed by atoms with Crippen molar-refractivity contribution in [3.05, 3.63) is 25.3 Å². The molecule has 0 spiro atoms. The molecule has 0 saturated carbocycles. The summed E-state index contributed by atoms with van der Waals surface area (Å²) in [6.07, 6.45) is 3.79. The summed E-state index contributed by atoms with van der Waals surface area (Å²) in [5, 5.41) is 0. The van der Waals surface area contributed by atoms with Gasteiger partial charge in [-0.05, 0) is 0 Å². The van der Waals surface area contributed by atoms with Gasteiger partial charge in [-0.2, -0.15) is 11.8 Å². The summed E-state index contributed by atoms with van der Waals surface area (Å²) in [6, 6.07) is 0. The van der Waals surface area contributed by atoms with Crippen LogP contribution in [0, 0.1) is 0 Å². The summed E-state index contributed by atoms with van der Waals surface area (Å²) in [5.41, 5.74) is 0. The van der Waals surface area contributed by atoms with Crippen LogP contribution in [0.4, 0.5) is 0 Å². The molecule has 0 bridgehead atoms. The molecule has 0 nitrogen and oxygen atoms in total. The summed E-state index contributed by atoms with van der Waals surface area (Å²) in [4.78, 5) is 0. The number of rotatable bonds is 4. The van der Waals surface area contributed by atoms with Gasteiger partial charge in [0.15, 0.2) is 0 Å². The van der Waals surface area contributed by atoms with Crippen LogP contribution in [-0.4, -0.2) is 35.4 Å². The van der Waals surface area contributed by atoms with E-state index in [1.54, 1.807) is 0 Å². The predicted molar refractivity (Wildman–Crippen MR) is 46.3 cm³/mol. The van der Waals surface area contributed by atoms with Crippen molar-refractivity contribution in [3.63, 3.8) is 0 Å². The first kappa shape index (κ1) is 11.4. The standard InChI is InChI=1S/C6H10S.Sn.2H/c1-3-5-7-6-4-2;;;/h3-4H,1-2,5-6H2;;;. The molecule has 0 aliphatic carbocycles. The van der Waals surface area contributed by atoms with Crippen LogP contribution in [-0.2, 0) is 0 Å². The summed E-state index contributed by atoms with van der Waals surface area (Å²) in [7, 11) is 0. The Hall–Kier alpha value is 0.629. The molecule has 0 aliphatic rings. The Bertz CT molecular complexity index is 53.5. The molecule has 8 heavy (non-hydrogen) atoms. The van der Waals surface area contributed by atoms with Gasteiger partial charge in [0, 0.05) is 11.5 Å². The molecule has 0 N–H and O–H groups in total. The zero-order valence-electron chi connectivity index (χ0n) is 5.10. The van der Waals surface area contributed by atoms with E-state index in [9.17, 15) is 0 Å². The average Bonchev–Trinajstić information content (AvgIpc) is 1.69. The average molecular weight is 235 g/mol. The first-order valence-corrected chi connectivity index (χ1v) is 3.37. The minimum absolute atomic E-state index is 0. The van der Waals surface area contributed by atoms with Crippen LogP contribution < -0.4 is 0 Å². The molecule has 0 amide bonds. The normalized spacial score (nSPS) is 7.00. The van der Waals surface area contributed by atoms with Gasteiger partial charge >= 0.3 is 23.9 Å². The van der Waals surface area contributed by atoms with Gasteiger partial charge in [0.25, 0.3) is 0 Å². The molecule has 2 radical (unpaired) electrons. The van der Waals surface area contributed by atoms with E-state index < -0.39 is 0 Å². The van der Waals surface area contributed by atoms with Crippen molar-refractivity contribution in [3.8, 4) is 0 Å². The fourth-order valence-electron chi connectivity index (χ4n) is 0.235. The summed E-state index contributed by atoms with van der Waals surface area (Å²) in [5.74, 6) is 2.07. The van der Waals surface area contributed by atoms with Crippen LogP contribution >= 0.6 is 11.8 Å². The van der Waals surface area contributed by atoms with Gasteiger partial charge in [-0.15, -0.1) is 13.2 Å². The molecule has 0 atom stereocenters. The molecule has 0 aromatic carbocycles. The van der Waals surface area contributed by atoms with Crippen molar-refractivity contribution in [1.29, 1.82) is 0 Å². The molecule has 0 saturated heterocycles. The monoisotopic (exact) mass is 236 g/mol. The van der Waals surface area contributed by atoms with E-state index in [2.05, 4.69) is 13.2 Å². The summed E-state index contributed by atoms with van der Waals surface area (Å²) in [6.45, 7) is 7.15. The Morgan fingerprint density at radius 3 is 1.75 bits per heavy atom. The second kappa shape index (κ2) is 10.6. The third-order valence-electron chi connectivity index (χ3n) is 0.471. The Labute approximate surface area is 72.4 Å². The van der Waals surface area contributed by atoms with Crippen LogP contribution in [0.25, 0.3) is 0 Å². The number of hydrogen-bond acceptors (Lipinski definition) is 1. The minimum atomic E-state index is 0. The van der Waals surface area contributed by atoms with E-state index in [0.717, 1.165) is 11.5 Å². The Morgan fingerprint density at radius 1 is 1.12 bits per heavy atom. The molecular weight excluding hydrogens is 223 g/mol. The third kappa shape index (κ3) is 9.80. The van der Waals surface area contributed by atoms with Gasteiger partial charge in [-0.3, -0.25) is 0 Å². The van der Waals surface area contributed by atoms with Crippen LogP contribution in [0.1, 0.15) is 0 Å². The molecule has 0 aromatic rings. The molecule has 0 aliphatic heterocycles. The van der Waals surface area contributed by atoms with Gasteiger partial charge in [0.2, 0.25) is 0 Å². The third-order valence-corrected chi connectivity index (χ3v) is 1.41. The SMILES string of the molecule is C=CCSCC=C.[SnH2]. The number of hydrogen-bond donors (Lipinski definition) is 0. The van der Waals surface area contributed by atoms with Crippen LogP contribution in [0.2, 0.25) is 0 Å². The van der Waals surface area contributed by atoms with Crippen molar-refractivity contribution in [1.82, 2.24) is 0 Å². The van der Waals surface area contributed by atoms with Crippen molar-refractivity contribution >= 4 is 35.7 Å². The maximum absolute atomic E-state index is 3.58. The molecule has 0 aromatic heterocycles. The van der Waals surface area contributed by atoms with E-state index >= 15 is 0 Å². The first-order valence-electron chi connectivity index (χ1n) is 2.21. The molecular formula is C6H12SSn. The molecule has 46 valence electrons. The van der Waals surface area contributed by atoms with E-state index in [0.29, 0.717) is 0 Å². The fraction of sp³-hybridized carbons (Fsp3) is 0.333. The number of thioether (sulfide) groups is 1. The fourth-order valence-corrected chi connectivity index (χ4v) is 0.704. The van der Waals surface area contributed by atoms with E-state index in [4.69, 9.17) is 0 Å². The zero-order chi connectivity index (χ0) is 5.54. The Morgan fingerprint density at radius 2 is 1.50 bits per heavy atom. The predicted octanol–water partition coefficient (Wildman–Crippen LogP) is 1.18. The van der Waals surface area contributed by atoms with Crippen LogP contribution in [0.15, 0.2) is 25.3 Å². The van der Waals surface area contributed by atoms with Gasteiger partial charge in [-0.1, -0.05) is 12.2 Å².